The molecular formula is C35H41N5O4. The first-order valence-electron chi connectivity index (χ1n) is 15.4. The average Bonchev–Trinajstić information content (AvgIpc) is 3.54. The first-order chi connectivity index (χ1) is 21.2. The SMILES string of the molecule is CC(C)c1ccc(C(O)(c2cncc(-c3nc(C4CCN(C(=O)OCc5ccccc5)CC4)no3)c2)C2(C)CN(C)C2)cc1. The van der Waals surface area contributed by atoms with E-state index in [4.69, 9.17) is 14.2 Å². The number of carbonyl (C=O) groups is 1. The van der Waals surface area contributed by atoms with Gasteiger partial charge in [0, 0.05) is 55.5 Å². The molecule has 0 spiro atoms. The van der Waals surface area contributed by atoms with E-state index in [9.17, 15) is 9.90 Å². The number of ether oxygens (including phenoxy) is 1. The molecule has 2 fully saturated rings. The number of piperidine rings is 1. The van der Waals surface area contributed by atoms with Crippen LogP contribution in [0.15, 0.2) is 77.6 Å². The van der Waals surface area contributed by atoms with Gasteiger partial charge in [-0.05, 0) is 48.6 Å². The van der Waals surface area contributed by atoms with Gasteiger partial charge in [-0.3, -0.25) is 4.98 Å². The first-order valence-corrected chi connectivity index (χ1v) is 15.4. The number of aromatic nitrogens is 3. The Kier molecular flexibility index (Phi) is 8.26. The Bertz CT molecular complexity index is 1570. The van der Waals surface area contributed by atoms with E-state index in [1.165, 1.54) is 5.56 Å². The van der Waals surface area contributed by atoms with E-state index in [0.29, 0.717) is 41.8 Å². The molecule has 0 radical (unpaired) electrons. The molecule has 44 heavy (non-hydrogen) atoms. The summed E-state index contributed by atoms with van der Waals surface area (Å²) in [6.45, 7) is 9.36. The van der Waals surface area contributed by atoms with Gasteiger partial charge in [-0.2, -0.15) is 4.98 Å². The maximum Gasteiger partial charge on any atom is 0.410 e. The number of pyridine rings is 1. The van der Waals surface area contributed by atoms with Crippen molar-refractivity contribution >= 4 is 6.09 Å². The lowest BCUT2D eigenvalue weighted by Gasteiger charge is -2.55. The van der Waals surface area contributed by atoms with Crippen molar-refractivity contribution in [2.24, 2.45) is 5.41 Å². The van der Waals surface area contributed by atoms with Crippen LogP contribution >= 0.6 is 0 Å². The highest BCUT2D eigenvalue weighted by atomic mass is 16.6. The second-order valence-corrected chi connectivity index (χ2v) is 12.9. The number of benzene rings is 2. The summed E-state index contributed by atoms with van der Waals surface area (Å²) in [6.07, 6.45) is 4.57. The molecule has 9 nitrogen and oxygen atoms in total. The standard InChI is InChI=1S/C35H41N5O4/c1-24(2)26-10-12-29(13-11-26)35(42,34(3)22-39(4)23-34)30-18-28(19-36-20-30)32-37-31(38-44-32)27-14-16-40(17-15-27)33(41)43-21-25-8-6-5-7-9-25/h5-13,18-20,24,27,42H,14-17,21-23H2,1-4H3. The minimum Gasteiger partial charge on any atom is -0.445 e. The fraction of sp³-hybridized carbons (Fsp3) is 0.429. The lowest BCUT2D eigenvalue weighted by atomic mass is 9.62. The van der Waals surface area contributed by atoms with Crippen LogP contribution in [-0.4, -0.2) is 69.4 Å². The fourth-order valence-electron chi connectivity index (χ4n) is 6.75. The highest BCUT2D eigenvalue weighted by molar-refractivity contribution is 5.67. The van der Waals surface area contributed by atoms with Crippen molar-refractivity contribution < 1.29 is 19.2 Å². The van der Waals surface area contributed by atoms with Crippen LogP contribution in [0, 0.1) is 5.41 Å². The zero-order chi connectivity index (χ0) is 30.9. The predicted molar refractivity (Wildman–Crippen MR) is 167 cm³/mol. The Morgan fingerprint density at radius 3 is 2.43 bits per heavy atom. The summed E-state index contributed by atoms with van der Waals surface area (Å²) in [5.41, 5.74) is 2.73. The zero-order valence-corrected chi connectivity index (χ0v) is 25.9. The molecule has 1 amide bonds. The monoisotopic (exact) mass is 595 g/mol. The number of likely N-dealkylation sites (tertiary alicyclic amines) is 2. The second-order valence-electron chi connectivity index (χ2n) is 12.9. The smallest absolute Gasteiger partial charge is 0.410 e. The molecule has 0 saturated carbocycles. The molecule has 2 aromatic carbocycles. The van der Waals surface area contributed by atoms with Crippen molar-refractivity contribution in [2.45, 2.75) is 57.7 Å². The topological polar surface area (TPSA) is 105 Å². The van der Waals surface area contributed by atoms with Gasteiger partial charge in [0.25, 0.3) is 5.89 Å². The lowest BCUT2D eigenvalue weighted by molar-refractivity contribution is -0.127. The van der Waals surface area contributed by atoms with E-state index < -0.39 is 11.0 Å². The first kappa shape index (κ1) is 30.0. The van der Waals surface area contributed by atoms with Crippen LogP contribution in [-0.2, 0) is 16.9 Å². The lowest BCUT2D eigenvalue weighted by Crippen LogP contribution is -2.63. The number of hydrogen-bond acceptors (Lipinski definition) is 8. The number of amides is 1. The number of rotatable bonds is 8. The van der Waals surface area contributed by atoms with Crippen LogP contribution in [0.4, 0.5) is 4.79 Å². The largest absolute Gasteiger partial charge is 0.445 e. The van der Waals surface area contributed by atoms with E-state index in [2.05, 4.69) is 55.0 Å². The molecule has 2 aliphatic rings. The average molecular weight is 596 g/mol. The minimum atomic E-state index is -1.26. The Morgan fingerprint density at radius 1 is 1.07 bits per heavy atom. The molecule has 4 heterocycles. The highest BCUT2D eigenvalue weighted by Crippen LogP contribution is 2.50. The third kappa shape index (κ3) is 5.74. The molecule has 9 heteroatoms. The Hall–Kier alpha value is -4.08. The number of carbonyl (C=O) groups excluding carboxylic acids is 1. The molecular weight excluding hydrogens is 554 g/mol. The van der Waals surface area contributed by atoms with Gasteiger partial charge in [-0.25, -0.2) is 4.79 Å². The van der Waals surface area contributed by atoms with Crippen molar-refractivity contribution in [1.29, 1.82) is 0 Å². The van der Waals surface area contributed by atoms with Gasteiger partial charge in [-0.15, -0.1) is 0 Å². The molecule has 0 bridgehead atoms. The molecule has 1 atom stereocenters. The third-order valence-corrected chi connectivity index (χ3v) is 9.27. The molecule has 4 aromatic rings. The van der Waals surface area contributed by atoms with E-state index in [0.717, 1.165) is 37.1 Å². The fourth-order valence-corrected chi connectivity index (χ4v) is 6.75. The van der Waals surface area contributed by atoms with Gasteiger partial charge < -0.3 is 24.2 Å². The Morgan fingerprint density at radius 2 is 1.77 bits per heavy atom. The summed E-state index contributed by atoms with van der Waals surface area (Å²) in [4.78, 5) is 25.8. The van der Waals surface area contributed by atoms with Gasteiger partial charge in [-0.1, -0.05) is 80.5 Å². The highest BCUT2D eigenvalue weighted by Gasteiger charge is 2.55. The normalized spacial score (nSPS) is 18.5. The number of hydrogen-bond donors (Lipinski definition) is 1. The van der Waals surface area contributed by atoms with E-state index >= 15 is 0 Å². The summed E-state index contributed by atoms with van der Waals surface area (Å²) < 4.78 is 11.2. The van der Waals surface area contributed by atoms with E-state index in [1.807, 2.05) is 48.5 Å². The molecule has 6 rings (SSSR count). The minimum absolute atomic E-state index is 0.0719. The molecule has 0 aliphatic carbocycles. The maximum absolute atomic E-state index is 12.6. The van der Waals surface area contributed by atoms with Crippen molar-refractivity contribution in [1.82, 2.24) is 24.9 Å². The van der Waals surface area contributed by atoms with Crippen LogP contribution in [0.3, 0.4) is 0 Å². The molecule has 2 aromatic heterocycles. The van der Waals surface area contributed by atoms with E-state index in [1.54, 1.807) is 17.3 Å². The van der Waals surface area contributed by atoms with Crippen LogP contribution in [0.2, 0.25) is 0 Å². The van der Waals surface area contributed by atoms with Gasteiger partial charge in [0.2, 0.25) is 0 Å². The van der Waals surface area contributed by atoms with Crippen LogP contribution < -0.4 is 0 Å². The van der Waals surface area contributed by atoms with Crippen molar-refractivity contribution in [3.8, 4) is 11.5 Å². The summed E-state index contributed by atoms with van der Waals surface area (Å²) >= 11 is 0. The third-order valence-electron chi connectivity index (χ3n) is 9.27. The van der Waals surface area contributed by atoms with Crippen molar-refractivity contribution in [3.63, 3.8) is 0 Å². The summed E-state index contributed by atoms with van der Waals surface area (Å²) in [5.74, 6) is 1.46. The second kappa shape index (κ2) is 12.1. The van der Waals surface area contributed by atoms with Crippen LogP contribution in [0.1, 0.15) is 73.5 Å². The van der Waals surface area contributed by atoms with Gasteiger partial charge in [0.15, 0.2) is 5.82 Å². The Labute approximate surface area is 258 Å². The molecule has 230 valence electrons. The molecule has 2 aliphatic heterocycles. The van der Waals surface area contributed by atoms with Crippen LogP contribution in [0.25, 0.3) is 11.5 Å². The van der Waals surface area contributed by atoms with Crippen LogP contribution in [0.5, 0.6) is 0 Å². The molecule has 1 unspecified atom stereocenters. The van der Waals surface area contributed by atoms with Crippen molar-refractivity contribution in [3.05, 3.63) is 101 Å². The molecule has 1 N–H and O–H groups in total. The Balaban J connectivity index is 1.17. The molecule has 2 saturated heterocycles. The quantitative estimate of drug-likeness (QED) is 0.266. The van der Waals surface area contributed by atoms with Crippen molar-refractivity contribution in [2.75, 3.05) is 33.2 Å². The summed E-state index contributed by atoms with van der Waals surface area (Å²) in [7, 11) is 2.07. The zero-order valence-electron chi connectivity index (χ0n) is 25.9. The summed E-state index contributed by atoms with van der Waals surface area (Å²) in [6, 6.07) is 19.9. The van der Waals surface area contributed by atoms with E-state index in [-0.39, 0.29) is 18.6 Å². The van der Waals surface area contributed by atoms with Gasteiger partial charge in [0.1, 0.15) is 12.2 Å². The van der Waals surface area contributed by atoms with Gasteiger partial charge in [0.05, 0.1) is 5.56 Å². The summed E-state index contributed by atoms with van der Waals surface area (Å²) in [5, 5.41) is 16.9. The predicted octanol–water partition coefficient (Wildman–Crippen LogP) is 5.96. The van der Waals surface area contributed by atoms with Gasteiger partial charge >= 0.3 is 6.09 Å². The number of aliphatic hydroxyl groups is 1. The number of nitrogens with zero attached hydrogens (tertiary/aromatic N) is 5. The maximum atomic E-state index is 12.6.